The van der Waals surface area contributed by atoms with Gasteiger partial charge in [-0.25, -0.2) is 4.98 Å². The molecule has 3 aromatic rings. The van der Waals surface area contributed by atoms with E-state index in [-0.39, 0.29) is 0 Å². The fraction of sp³-hybridized carbons (Fsp3) is 0.444. The Morgan fingerprint density at radius 2 is 2.13 bits per heavy atom. The van der Waals surface area contributed by atoms with Crippen LogP contribution in [0.2, 0.25) is 0 Å². The minimum atomic E-state index is 0.700. The van der Waals surface area contributed by atoms with Crippen molar-refractivity contribution >= 4 is 10.9 Å². The number of aromatic nitrogens is 4. The van der Waals surface area contributed by atoms with Gasteiger partial charge in [0, 0.05) is 49.8 Å². The zero-order valence-corrected chi connectivity index (χ0v) is 13.6. The van der Waals surface area contributed by atoms with Crippen LogP contribution in [-0.2, 0) is 19.5 Å². The lowest BCUT2D eigenvalue weighted by molar-refractivity contribution is 0.0879. The molecule has 4 heterocycles. The van der Waals surface area contributed by atoms with Crippen LogP contribution < -0.4 is 0 Å². The molecule has 0 radical (unpaired) electrons. The molecule has 0 spiro atoms. The van der Waals surface area contributed by atoms with Gasteiger partial charge in [0.15, 0.2) is 0 Å². The molecule has 1 saturated heterocycles. The second-order valence-electron chi connectivity index (χ2n) is 6.50. The van der Waals surface area contributed by atoms with E-state index in [1.54, 1.807) is 0 Å². The third-order valence-electron chi connectivity index (χ3n) is 4.70. The lowest BCUT2D eigenvalue weighted by Crippen LogP contribution is -2.47. The molecule has 0 amide bonds. The van der Waals surface area contributed by atoms with Gasteiger partial charge in [-0.15, -0.1) is 0 Å². The zero-order valence-electron chi connectivity index (χ0n) is 13.6. The average Bonchev–Trinajstić information content (AvgIpc) is 3.15. The Labute approximate surface area is 136 Å². The number of aromatic amines is 1. The van der Waals surface area contributed by atoms with Gasteiger partial charge < -0.3 is 9.55 Å². The highest BCUT2D eigenvalue weighted by Crippen LogP contribution is 2.24. The molecule has 0 unspecified atom stereocenters. The van der Waals surface area contributed by atoms with Gasteiger partial charge in [-0.2, -0.15) is 0 Å². The fourth-order valence-electron chi connectivity index (χ4n) is 3.54. The lowest BCUT2D eigenvalue weighted by atomic mass is 9.94. The van der Waals surface area contributed by atoms with Gasteiger partial charge in [0.05, 0.1) is 17.8 Å². The van der Waals surface area contributed by atoms with Gasteiger partial charge in [0.1, 0.15) is 5.82 Å². The van der Waals surface area contributed by atoms with Crippen LogP contribution in [0.1, 0.15) is 24.9 Å². The molecule has 0 atom stereocenters. The maximum Gasteiger partial charge on any atom is 0.122 e. The molecular weight excluding hydrogens is 286 g/mol. The summed E-state index contributed by atoms with van der Waals surface area (Å²) >= 11 is 0. The molecule has 0 bridgehead atoms. The molecule has 4 rings (SSSR count). The van der Waals surface area contributed by atoms with E-state index in [0.29, 0.717) is 5.92 Å². The van der Waals surface area contributed by atoms with E-state index >= 15 is 0 Å². The summed E-state index contributed by atoms with van der Waals surface area (Å²) in [4.78, 5) is 14.9. The summed E-state index contributed by atoms with van der Waals surface area (Å²) < 4.78 is 2.27. The van der Waals surface area contributed by atoms with Crippen LogP contribution in [0.25, 0.3) is 10.9 Å². The Kier molecular flexibility index (Phi) is 3.87. The van der Waals surface area contributed by atoms with Crippen LogP contribution in [0.15, 0.2) is 36.9 Å². The van der Waals surface area contributed by atoms with E-state index in [4.69, 9.17) is 0 Å². The number of nitrogens with zero attached hydrogens (tertiary/aromatic N) is 4. The highest BCUT2D eigenvalue weighted by Gasteiger charge is 2.28. The fourth-order valence-corrected chi connectivity index (χ4v) is 3.54. The van der Waals surface area contributed by atoms with Gasteiger partial charge in [-0.1, -0.05) is 6.92 Å². The van der Waals surface area contributed by atoms with E-state index in [1.807, 2.05) is 18.6 Å². The van der Waals surface area contributed by atoms with E-state index in [9.17, 15) is 0 Å². The normalized spacial score (nSPS) is 16.0. The molecule has 0 aliphatic carbocycles. The number of imidazole rings is 1. The highest BCUT2D eigenvalue weighted by atomic mass is 15.2. The number of fused-ring (bicyclic) bond motifs is 1. The number of likely N-dealkylation sites (tertiary alicyclic amines) is 1. The Hall–Kier alpha value is -2.14. The van der Waals surface area contributed by atoms with Crippen LogP contribution in [0.5, 0.6) is 0 Å². The number of pyridine rings is 1. The first-order chi connectivity index (χ1) is 11.3. The molecular formula is C18H23N5. The maximum absolute atomic E-state index is 4.57. The Balaban J connectivity index is 1.35. The first kappa shape index (κ1) is 14.5. The summed E-state index contributed by atoms with van der Waals surface area (Å²) in [6.45, 7) is 6.50. The number of aryl methyl sites for hydroxylation is 1. The predicted molar refractivity (Wildman–Crippen MR) is 91.1 cm³/mol. The van der Waals surface area contributed by atoms with Crippen LogP contribution in [0.3, 0.4) is 0 Å². The summed E-state index contributed by atoms with van der Waals surface area (Å²) in [5.74, 6) is 1.89. The van der Waals surface area contributed by atoms with Crippen molar-refractivity contribution in [2.45, 2.75) is 32.9 Å². The summed E-state index contributed by atoms with van der Waals surface area (Å²) in [5.41, 5.74) is 2.40. The van der Waals surface area contributed by atoms with Crippen molar-refractivity contribution in [3.8, 4) is 0 Å². The molecule has 0 aromatic carbocycles. The smallest absolute Gasteiger partial charge is 0.122 e. The summed E-state index contributed by atoms with van der Waals surface area (Å²) in [6.07, 6.45) is 10.1. The van der Waals surface area contributed by atoms with Crippen LogP contribution >= 0.6 is 0 Å². The Morgan fingerprint density at radius 3 is 3.00 bits per heavy atom. The molecule has 1 N–H and O–H groups in total. The van der Waals surface area contributed by atoms with Gasteiger partial charge in [-0.3, -0.25) is 9.88 Å². The third kappa shape index (κ3) is 2.88. The van der Waals surface area contributed by atoms with Crippen LogP contribution in [0, 0.1) is 5.92 Å². The van der Waals surface area contributed by atoms with Gasteiger partial charge in [0.25, 0.3) is 0 Å². The van der Waals surface area contributed by atoms with E-state index in [1.165, 1.54) is 22.4 Å². The standard InChI is InChI=1S/C18H23N5/c1-2-8-23-9-7-20-17(23)13-22-11-14(12-22)10-16-18-15(3-5-19-16)4-6-21-18/h3-7,9,14,21H,2,8,10-13H2,1H3. The second-order valence-corrected chi connectivity index (χ2v) is 6.50. The molecule has 0 saturated carbocycles. The summed E-state index contributed by atoms with van der Waals surface area (Å²) in [5, 5.41) is 1.26. The summed E-state index contributed by atoms with van der Waals surface area (Å²) in [6, 6.07) is 4.18. The zero-order chi connectivity index (χ0) is 15.6. The molecule has 3 aromatic heterocycles. The monoisotopic (exact) mass is 309 g/mol. The maximum atomic E-state index is 4.57. The van der Waals surface area contributed by atoms with Crippen molar-refractivity contribution in [2.75, 3.05) is 13.1 Å². The number of rotatable bonds is 6. The quantitative estimate of drug-likeness (QED) is 0.762. The number of hydrogen-bond donors (Lipinski definition) is 1. The second kappa shape index (κ2) is 6.16. The Morgan fingerprint density at radius 1 is 1.22 bits per heavy atom. The average molecular weight is 309 g/mol. The van der Waals surface area contributed by atoms with Crippen LogP contribution in [0.4, 0.5) is 0 Å². The molecule has 23 heavy (non-hydrogen) atoms. The molecule has 1 aliphatic heterocycles. The molecule has 5 nitrogen and oxygen atoms in total. The largest absolute Gasteiger partial charge is 0.360 e. The van der Waals surface area contributed by atoms with E-state index < -0.39 is 0 Å². The lowest BCUT2D eigenvalue weighted by Gasteiger charge is -2.39. The Bertz CT molecular complexity index is 781. The third-order valence-corrected chi connectivity index (χ3v) is 4.70. The van der Waals surface area contributed by atoms with Crippen molar-refractivity contribution in [1.29, 1.82) is 0 Å². The topological polar surface area (TPSA) is 49.7 Å². The van der Waals surface area contributed by atoms with E-state index in [2.05, 4.69) is 49.7 Å². The first-order valence-corrected chi connectivity index (χ1v) is 8.47. The van der Waals surface area contributed by atoms with Gasteiger partial charge in [-0.05, 0) is 30.9 Å². The van der Waals surface area contributed by atoms with Crippen molar-refractivity contribution in [3.63, 3.8) is 0 Å². The van der Waals surface area contributed by atoms with Crippen molar-refractivity contribution in [3.05, 3.63) is 48.4 Å². The first-order valence-electron chi connectivity index (χ1n) is 8.47. The minimum Gasteiger partial charge on any atom is -0.360 e. The van der Waals surface area contributed by atoms with Crippen molar-refractivity contribution in [1.82, 2.24) is 24.4 Å². The molecule has 120 valence electrons. The highest BCUT2D eigenvalue weighted by molar-refractivity contribution is 5.81. The molecule has 1 aliphatic rings. The van der Waals surface area contributed by atoms with Gasteiger partial charge >= 0.3 is 0 Å². The van der Waals surface area contributed by atoms with Crippen molar-refractivity contribution in [2.24, 2.45) is 5.92 Å². The summed E-state index contributed by atoms with van der Waals surface area (Å²) in [7, 11) is 0. The molecule has 1 fully saturated rings. The van der Waals surface area contributed by atoms with Gasteiger partial charge in [0.2, 0.25) is 0 Å². The number of nitrogens with one attached hydrogen (secondary N) is 1. The molecule has 5 heteroatoms. The minimum absolute atomic E-state index is 0.700. The van der Waals surface area contributed by atoms with Crippen LogP contribution in [-0.4, -0.2) is 37.5 Å². The van der Waals surface area contributed by atoms with E-state index in [0.717, 1.165) is 39.0 Å². The van der Waals surface area contributed by atoms with Crippen molar-refractivity contribution < 1.29 is 0 Å². The number of hydrogen-bond acceptors (Lipinski definition) is 3. The predicted octanol–water partition coefficient (Wildman–Crippen LogP) is 2.84. The SMILES string of the molecule is CCCn1ccnc1CN1CC(Cc2nccc3cc[nH]c23)C1. The number of H-pyrrole nitrogens is 1.